The molecule has 1 aliphatic rings. The Morgan fingerprint density at radius 1 is 1.37 bits per heavy atom. The molecule has 19 heavy (non-hydrogen) atoms. The molecule has 1 fully saturated rings. The fourth-order valence-electron chi connectivity index (χ4n) is 2.38. The predicted octanol–water partition coefficient (Wildman–Crippen LogP) is 2.12. The molecule has 1 aliphatic carbocycles. The molecule has 1 aromatic rings. The Bertz CT molecular complexity index is 425. The summed E-state index contributed by atoms with van der Waals surface area (Å²) in [6.07, 6.45) is 3.03. The molecule has 0 bridgehead atoms. The van der Waals surface area contributed by atoms with Crippen LogP contribution in [0.1, 0.15) is 43.0 Å². The second kappa shape index (κ2) is 6.57. The van der Waals surface area contributed by atoms with E-state index in [0.717, 1.165) is 25.7 Å². The standard InChI is InChI=1S/C15H21NO3/c1-2-19-14-5-3-4-11(10-14)15(18)16-12-6-8-13(17)9-7-12/h3-5,10,12-13,17H,2,6-9H2,1H3,(H,16,18). The van der Waals surface area contributed by atoms with Gasteiger partial charge in [-0.25, -0.2) is 0 Å². The Balaban J connectivity index is 1.94. The third-order valence-electron chi connectivity index (χ3n) is 3.44. The van der Waals surface area contributed by atoms with Gasteiger partial charge in [0.05, 0.1) is 12.7 Å². The lowest BCUT2D eigenvalue weighted by atomic mass is 9.93. The molecule has 4 nitrogen and oxygen atoms in total. The van der Waals surface area contributed by atoms with Gasteiger partial charge in [-0.15, -0.1) is 0 Å². The van der Waals surface area contributed by atoms with Crippen LogP contribution in [0.5, 0.6) is 5.75 Å². The zero-order valence-electron chi connectivity index (χ0n) is 11.3. The maximum atomic E-state index is 12.1. The molecule has 0 unspecified atom stereocenters. The lowest BCUT2D eigenvalue weighted by molar-refractivity contribution is 0.0867. The quantitative estimate of drug-likeness (QED) is 0.874. The molecule has 0 radical (unpaired) electrons. The third kappa shape index (κ3) is 3.96. The minimum Gasteiger partial charge on any atom is -0.494 e. The molecule has 1 saturated carbocycles. The van der Waals surface area contributed by atoms with Crippen molar-refractivity contribution < 1.29 is 14.6 Å². The first-order valence-electron chi connectivity index (χ1n) is 6.91. The van der Waals surface area contributed by atoms with Gasteiger partial charge in [0.2, 0.25) is 0 Å². The summed E-state index contributed by atoms with van der Waals surface area (Å²) >= 11 is 0. The Hall–Kier alpha value is -1.55. The Morgan fingerprint density at radius 3 is 2.79 bits per heavy atom. The summed E-state index contributed by atoms with van der Waals surface area (Å²) in [5.74, 6) is 0.650. The first-order chi connectivity index (χ1) is 9.19. The number of nitrogens with one attached hydrogen (secondary N) is 1. The number of rotatable bonds is 4. The van der Waals surface area contributed by atoms with Crippen LogP contribution >= 0.6 is 0 Å². The van der Waals surface area contributed by atoms with E-state index in [1.807, 2.05) is 19.1 Å². The summed E-state index contributed by atoms with van der Waals surface area (Å²) in [5, 5.41) is 12.5. The molecule has 0 saturated heterocycles. The molecule has 0 aromatic heterocycles. The molecule has 4 heteroatoms. The van der Waals surface area contributed by atoms with Crippen molar-refractivity contribution in [1.82, 2.24) is 5.32 Å². The van der Waals surface area contributed by atoms with Crippen LogP contribution in [0.15, 0.2) is 24.3 Å². The second-order valence-electron chi connectivity index (χ2n) is 4.94. The third-order valence-corrected chi connectivity index (χ3v) is 3.44. The molecule has 1 aromatic carbocycles. The van der Waals surface area contributed by atoms with Crippen molar-refractivity contribution in [3.05, 3.63) is 29.8 Å². The van der Waals surface area contributed by atoms with Gasteiger partial charge in [-0.1, -0.05) is 6.07 Å². The first kappa shape index (κ1) is 13.9. The molecule has 2 rings (SSSR count). The van der Waals surface area contributed by atoms with Crippen molar-refractivity contribution in [1.29, 1.82) is 0 Å². The summed E-state index contributed by atoms with van der Waals surface area (Å²) in [7, 11) is 0. The summed E-state index contributed by atoms with van der Waals surface area (Å²) in [6, 6.07) is 7.39. The normalized spacial score (nSPS) is 22.8. The minimum atomic E-state index is -0.200. The lowest BCUT2D eigenvalue weighted by Crippen LogP contribution is -2.38. The van der Waals surface area contributed by atoms with E-state index in [-0.39, 0.29) is 18.1 Å². The number of amides is 1. The monoisotopic (exact) mass is 263 g/mol. The van der Waals surface area contributed by atoms with E-state index < -0.39 is 0 Å². The van der Waals surface area contributed by atoms with Gasteiger partial charge in [-0.2, -0.15) is 0 Å². The average Bonchev–Trinajstić information content (AvgIpc) is 2.42. The SMILES string of the molecule is CCOc1cccc(C(=O)NC2CCC(O)CC2)c1. The number of hydrogen-bond donors (Lipinski definition) is 2. The van der Waals surface area contributed by atoms with Gasteiger partial charge in [-0.3, -0.25) is 4.79 Å². The predicted molar refractivity (Wildman–Crippen MR) is 73.3 cm³/mol. The van der Waals surface area contributed by atoms with Crippen molar-refractivity contribution >= 4 is 5.91 Å². The van der Waals surface area contributed by atoms with E-state index in [2.05, 4.69) is 5.32 Å². The number of carbonyl (C=O) groups excluding carboxylic acids is 1. The summed E-state index contributed by atoms with van der Waals surface area (Å²) in [5.41, 5.74) is 0.622. The molecule has 104 valence electrons. The zero-order valence-corrected chi connectivity index (χ0v) is 11.3. The zero-order chi connectivity index (χ0) is 13.7. The van der Waals surface area contributed by atoms with Crippen LogP contribution in [-0.4, -0.2) is 29.8 Å². The first-order valence-corrected chi connectivity index (χ1v) is 6.91. The van der Waals surface area contributed by atoms with Crippen molar-refractivity contribution in [2.75, 3.05) is 6.61 Å². The van der Waals surface area contributed by atoms with Crippen LogP contribution in [0.2, 0.25) is 0 Å². The second-order valence-corrected chi connectivity index (χ2v) is 4.94. The highest BCUT2D eigenvalue weighted by molar-refractivity contribution is 5.94. The Labute approximate surface area is 113 Å². The number of ether oxygens (including phenoxy) is 1. The molecule has 1 amide bonds. The molecule has 2 N–H and O–H groups in total. The maximum Gasteiger partial charge on any atom is 0.251 e. The van der Waals surface area contributed by atoms with Crippen molar-refractivity contribution in [3.63, 3.8) is 0 Å². The van der Waals surface area contributed by atoms with Crippen LogP contribution in [0.3, 0.4) is 0 Å². The minimum absolute atomic E-state index is 0.0667. The lowest BCUT2D eigenvalue weighted by Gasteiger charge is -2.26. The average molecular weight is 263 g/mol. The number of aliphatic hydroxyl groups excluding tert-OH is 1. The number of carbonyl (C=O) groups is 1. The Morgan fingerprint density at radius 2 is 2.11 bits per heavy atom. The van der Waals surface area contributed by atoms with Gasteiger partial charge in [0.1, 0.15) is 5.75 Å². The van der Waals surface area contributed by atoms with Crippen LogP contribution in [0.25, 0.3) is 0 Å². The smallest absolute Gasteiger partial charge is 0.251 e. The van der Waals surface area contributed by atoms with E-state index in [1.54, 1.807) is 12.1 Å². The molecule has 0 spiro atoms. The van der Waals surface area contributed by atoms with Crippen LogP contribution < -0.4 is 10.1 Å². The van der Waals surface area contributed by atoms with Crippen LogP contribution in [-0.2, 0) is 0 Å². The highest BCUT2D eigenvalue weighted by Crippen LogP contribution is 2.19. The highest BCUT2D eigenvalue weighted by Gasteiger charge is 2.21. The van der Waals surface area contributed by atoms with Gasteiger partial charge < -0.3 is 15.2 Å². The van der Waals surface area contributed by atoms with E-state index in [1.165, 1.54) is 0 Å². The van der Waals surface area contributed by atoms with Gasteiger partial charge in [0, 0.05) is 11.6 Å². The van der Waals surface area contributed by atoms with Crippen molar-refractivity contribution in [3.8, 4) is 5.75 Å². The molecule has 0 heterocycles. The van der Waals surface area contributed by atoms with E-state index in [0.29, 0.717) is 17.9 Å². The maximum absolute atomic E-state index is 12.1. The number of benzene rings is 1. The number of aliphatic hydroxyl groups is 1. The van der Waals surface area contributed by atoms with Crippen LogP contribution in [0, 0.1) is 0 Å². The fourth-order valence-corrected chi connectivity index (χ4v) is 2.38. The van der Waals surface area contributed by atoms with Gasteiger partial charge in [0.15, 0.2) is 0 Å². The van der Waals surface area contributed by atoms with Crippen LogP contribution in [0.4, 0.5) is 0 Å². The molecular weight excluding hydrogens is 242 g/mol. The fraction of sp³-hybridized carbons (Fsp3) is 0.533. The molecular formula is C15H21NO3. The van der Waals surface area contributed by atoms with Crippen molar-refractivity contribution in [2.45, 2.75) is 44.8 Å². The van der Waals surface area contributed by atoms with Gasteiger partial charge >= 0.3 is 0 Å². The van der Waals surface area contributed by atoms with Gasteiger partial charge in [0.25, 0.3) is 5.91 Å². The van der Waals surface area contributed by atoms with E-state index in [9.17, 15) is 9.90 Å². The van der Waals surface area contributed by atoms with E-state index >= 15 is 0 Å². The van der Waals surface area contributed by atoms with Gasteiger partial charge in [-0.05, 0) is 50.8 Å². The summed E-state index contributed by atoms with van der Waals surface area (Å²) in [4.78, 5) is 12.1. The highest BCUT2D eigenvalue weighted by atomic mass is 16.5. The van der Waals surface area contributed by atoms with Crippen molar-refractivity contribution in [2.24, 2.45) is 0 Å². The topological polar surface area (TPSA) is 58.6 Å². The summed E-state index contributed by atoms with van der Waals surface area (Å²) in [6.45, 7) is 2.51. The Kier molecular flexibility index (Phi) is 4.80. The molecule has 0 atom stereocenters. The molecule has 0 aliphatic heterocycles. The van der Waals surface area contributed by atoms with E-state index in [4.69, 9.17) is 4.74 Å². The number of hydrogen-bond acceptors (Lipinski definition) is 3. The summed E-state index contributed by atoms with van der Waals surface area (Å²) < 4.78 is 5.39. The largest absolute Gasteiger partial charge is 0.494 e.